The number of methoxy groups -OCH3 is 2. The zero-order chi connectivity index (χ0) is 26.6. The summed E-state index contributed by atoms with van der Waals surface area (Å²) in [5, 5.41) is 0. The van der Waals surface area contributed by atoms with Gasteiger partial charge in [0, 0.05) is 31.3 Å². The van der Waals surface area contributed by atoms with Gasteiger partial charge in [0.25, 0.3) is 0 Å². The van der Waals surface area contributed by atoms with Crippen molar-refractivity contribution in [2.75, 3.05) is 20.8 Å². The number of ether oxygens (including phenoxy) is 3. The predicted molar refractivity (Wildman–Crippen MR) is 131 cm³/mol. The second kappa shape index (κ2) is 11.2. The Morgan fingerprint density at radius 1 is 1.08 bits per heavy atom. The third-order valence-corrected chi connectivity index (χ3v) is 6.53. The van der Waals surface area contributed by atoms with Gasteiger partial charge in [0.15, 0.2) is 17.7 Å². The SMILES string of the molecule is COc1cc2c(cc1OC)C(CCc1ccc(C(F)(F)F)nc1)N(C(OC(C)=O)c1ccccc1)CC2. The zero-order valence-corrected chi connectivity index (χ0v) is 20.9. The molecule has 6 nitrogen and oxygen atoms in total. The Morgan fingerprint density at radius 2 is 1.78 bits per heavy atom. The van der Waals surface area contributed by atoms with Crippen molar-refractivity contribution in [1.82, 2.24) is 9.88 Å². The van der Waals surface area contributed by atoms with E-state index in [1.54, 1.807) is 14.2 Å². The van der Waals surface area contributed by atoms with Crippen molar-refractivity contribution < 1.29 is 32.2 Å². The Labute approximate surface area is 214 Å². The summed E-state index contributed by atoms with van der Waals surface area (Å²) >= 11 is 0. The zero-order valence-electron chi connectivity index (χ0n) is 20.9. The van der Waals surface area contributed by atoms with Gasteiger partial charge in [-0.1, -0.05) is 36.4 Å². The standard InChI is InChI=1S/C28H29F3N2O4/c1-18(34)37-27(20-7-5-4-6-8-20)33-14-13-21-15-24(35-2)25(36-3)16-22(21)23(33)11-9-19-10-12-26(32-17-19)28(29,30)31/h4-8,10,12,15-17,23,27H,9,11,13-14H2,1-3H3. The van der Waals surface area contributed by atoms with Crippen LogP contribution in [-0.2, 0) is 28.5 Å². The normalized spacial score (nSPS) is 16.5. The number of hydrogen-bond donors (Lipinski definition) is 0. The predicted octanol–water partition coefficient (Wildman–Crippen LogP) is 5.91. The summed E-state index contributed by atoms with van der Waals surface area (Å²) in [7, 11) is 3.15. The van der Waals surface area contributed by atoms with Crippen molar-refractivity contribution >= 4 is 5.97 Å². The summed E-state index contributed by atoms with van der Waals surface area (Å²) in [5.74, 6) is 0.797. The van der Waals surface area contributed by atoms with Crippen LogP contribution in [-0.4, -0.2) is 36.6 Å². The molecule has 1 aliphatic heterocycles. The van der Waals surface area contributed by atoms with Crippen molar-refractivity contribution in [2.24, 2.45) is 0 Å². The van der Waals surface area contributed by atoms with Gasteiger partial charge in [-0.3, -0.25) is 14.7 Å². The molecule has 0 spiro atoms. The Kier molecular flexibility index (Phi) is 8.02. The quantitative estimate of drug-likeness (QED) is 0.348. The first-order chi connectivity index (χ1) is 17.7. The molecule has 0 fully saturated rings. The molecule has 3 aromatic rings. The van der Waals surface area contributed by atoms with E-state index in [2.05, 4.69) is 9.88 Å². The molecule has 2 aromatic carbocycles. The molecule has 0 aliphatic carbocycles. The number of halogens is 3. The van der Waals surface area contributed by atoms with Gasteiger partial charge in [-0.25, -0.2) is 0 Å². The summed E-state index contributed by atoms with van der Waals surface area (Å²) < 4.78 is 55.8. The summed E-state index contributed by atoms with van der Waals surface area (Å²) in [5.41, 5.74) is 2.68. The molecule has 2 atom stereocenters. The topological polar surface area (TPSA) is 60.9 Å². The summed E-state index contributed by atoms with van der Waals surface area (Å²) in [4.78, 5) is 17.8. The monoisotopic (exact) mass is 514 g/mol. The molecule has 0 saturated carbocycles. The number of pyridine rings is 1. The minimum Gasteiger partial charge on any atom is -0.493 e. The minimum absolute atomic E-state index is 0.213. The van der Waals surface area contributed by atoms with E-state index in [0.717, 1.165) is 22.8 Å². The van der Waals surface area contributed by atoms with E-state index in [1.807, 2.05) is 42.5 Å². The van der Waals surface area contributed by atoms with E-state index in [9.17, 15) is 18.0 Å². The number of hydrogen-bond acceptors (Lipinski definition) is 6. The number of rotatable bonds is 8. The van der Waals surface area contributed by atoms with Crippen LogP contribution >= 0.6 is 0 Å². The second-order valence-electron chi connectivity index (χ2n) is 8.87. The van der Waals surface area contributed by atoms with E-state index in [1.165, 1.54) is 19.2 Å². The van der Waals surface area contributed by atoms with Crippen molar-refractivity contribution in [1.29, 1.82) is 0 Å². The molecule has 1 aliphatic rings. The highest BCUT2D eigenvalue weighted by atomic mass is 19.4. The van der Waals surface area contributed by atoms with Crippen LogP contribution < -0.4 is 9.47 Å². The molecule has 2 unspecified atom stereocenters. The molecule has 0 radical (unpaired) electrons. The van der Waals surface area contributed by atoms with Crippen molar-refractivity contribution in [3.05, 3.63) is 88.7 Å². The van der Waals surface area contributed by atoms with Gasteiger partial charge in [0.1, 0.15) is 5.69 Å². The molecule has 9 heteroatoms. The van der Waals surface area contributed by atoms with Gasteiger partial charge in [-0.2, -0.15) is 13.2 Å². The number of fused-ring (bicyclic) bond motifs is 1. The maximum atomic E-state index is 13.0. The van der Waals surface area contributed by atoms with Crippen molar-refractivity contribution in [2.45, 2.75) is 44.6 Å². The molecular weight excluding hydrogens is 485 g/mol. The molecule has 0 N–H and O–H groups in total. The fourth-order valence-electron chi connectivity index (χ4n) is 4.80. The van der Waals surface area contributed by atoms with E-state index in [0.29, 0.717) is 42.9 Å². The lowest BCUT2D eigenvalue weighted by atomic mass is 9.87. The van der Waals surface area contributed by atoms with Crippen molar-refractivity contribution in [3.8, 4) is 11.5 Å². The molecule has 2 heterocycles. The number of alkyl halides is 3. The largest absolute Gasteiger partial charge is 0.493 e. The van der Waals surface area contributed by atoms with Crippen LogP contribution in [0.5, 0.6) is 11.5 Å². The smallest absolute Gasteiger partial charge is 0.433 e. The second-order valence-corrected chi connectivity index (χ2v) is 8.87. The lowest BCUT2D eigenvalue weighted by Crippen LogP contribution is -2.40. The number of aromatic nitrogens is 1. The molecule has 0 bridgehead atoms. The molecule has 0 amide bonds. The van der Waals surface area contributed by atoms with Crippen LogP contribution in [0.25, 0.3) is 0 Å². The average molecular weight is 515 g/mol. The molecule has 1 aromatic heterocycles. The first-order valence-corrected chi connectivity index (χ1v) is 12.0. The fourth-order valence-corrected chi connectivity index (χ4v) is 4.80. The first-order valence-electron chi connectivity index (χ1n) is 12.0. The lowest BCUT2D eigenvalue weighted by molar-refractivity contribution is -0.161. The van der Waals surface area contributed by atoms with E-state index in [-0.39, 0.29) is 6.04 Å². The summed E-state index contributed by atoms with van der Waals surface area (Å²) in [6, 6.07) is 15.6. The fraction of sp³-hybridized carbons (Fsp3) is 0.357. The van der Waals surface area contributed by atoms with E-state index < -0.39 is 24.1 Å². The van der Waals surface area contributed by atoms with Crippen LogP contribution in [0.2, 0.25) is 0 Å². The summed E-state index contributed by atoms with van der Waals surface area (Å²) in [6.45, 7) is 1.98. The number of benzene rings is 2. The minimum atomic E-state index is -4.49. The van der Waals surface area contributed by atoms with Crippen LogP contribution in [0, 0.1) is 0 Å². The maximum absolute atomic E-state index is 13.0. The van der Waals surface area contributed by atoms with Gasteiger partial charge in [0.05, 0.1) is 14.2 Å². The highest BCUT2D eigenvalue weighted by Gasteiger charge is 2.36. The molecule has 4 rings (SSSR count). The van der Waals surface area contributed by atoms with E-state index in [4.69, 9.17) is 14.2 Å². The van der Waals surface area contributed by atoms with Crippen LogP contribution in [0.4, 0.5) is 13.2 Å². The molecule has 37 heavy (non-hydrogen) atoms. The summed E-state index contributed by atoms with van der Waals surface area (Å²) in [6.07, 6.45) is -2.12. The number of carbonyl (C=O) groups is 1. The van der Waals surface area contributed by atoms with Gasteiger partial charge in [0.2, 0.25) is 0 Å². The number of nitrogens with zero attached hydrogens (tertiary/aromatic N) is 2. The van der Waals surface area contributed by atoms with Gasteiger partial charge in [-0.15, -0.1) is 0 Å². The Balaban J connectivity index is 1.71. The van der Waals surface area contributed by atoms with E-state index >= 15 is 0 Å². The lowest BCUT2D eigenvalue weighted by Gasteiger charge is -2.42. The van der Waals surface area contributed by atoms with Crippen molar-refractivity contribution in [3.63, 3.8) is 0 Å². The highest BCUT2D eigenvalue weighted by Crippen LogP contribution is 2.43. The van der Waals surface area contributed by atoms with Crippen LogP contribution in [0.15, 0.2) is 60.8 Å². The molecular formula is C28H29F3N2O4. The maximum Gasteiger partial charge on any atom is 0.433 e. The third-order valence-electron chi connectivity index (χ3n) is 6.53. The third kappa shape index (κ3) is 6.05. The number of carbonyl (C=O) groups excluding carboxylic acids is 1. The average Bonchev–Trinajstić information content (AvgIpc) is 2.89. The Morgan fingerprint density at radius 3 is 2.38 bits per heavy atom. The Hall–Kier alpha value is -3.59. The number of esters is 1. The Bertz CT molecular complexity index is 1220. The van der Waals surface area contributed by atoms with Gasteiger partial charge < -0.3 is 14.2 Å². The van der Waals surface area contributed by atoms with Gasteiger partial charge >= 0.3 is 12.1 Å². The van der Waals surface area contributed by atoms with Crippen LogP contribution in [0.3, 0.4) is 0 Å². The van der Waals surface area contributed by atoms with Crippen LogP contribution in [0.1, 0.15) is 53.6 Å². The number of aryl methyl sites for hydroxylation is 1. The first kappa shape index (κ1) is 26.5. The van der Waals surface area contributed by atoms with Gasteiger partial charge in [-0.05, 0) is 54.2 Å². The highest BCUT2D eigenvalue weighted by molar-refractivity contribution is 5.66. The molecule has 196 valence electrons. The molecule has 0 saturated heterocycles.